The molecule has 5 heteroatoms. The number of rotatable bonds is 5. The minimum absolute atomic E-state index is 0.0616. The van der Waals surface area contributed by atoms with Gasteiger partial charge in [-0.3, -0.25) is 4.90 Å². The van der Waals surface area contributed by atoms with Gasteiger partial charge in [0.05, 0.1) is 6.61 Å². The molecule has 0 bridgehead atoms. The second-order valence-electron chi connectivity index (χ2n) is 7.14. The van der Waals surface area contributed by atoms with Gasteiger partial charge < -0.3 is 15.0 Å². The number of benzene rings is 1. The molecule has 1 N–H and O–H groups in total. The second-order valence-corrected chi connectivity index (χ2v) is 7.14. The van der Waals surface area contributed by atoms with Crippen molar-refractivity contribution in [1.82, 2.24) is 15.1 Å². The monoisotopic (exact) mass is 343 g/mol. The van der Waals surface area contributed by atoms with Crippen molar-refractivity contribution >= 4 is 6.03 Å². The van der Waals surface area contributed by atoms with Gasteiger partial charge in [-0.15, -0.1) is 0 Å². The Morgan fingerprint density at radius 1 is 1.32 bits per heavy atom. The first kappa shape index (κ1) is 18.0. The van der Waals surface area contributed by atoms with Crippen LogP contribution in [0.4, 0.5) is 4.79 Å². The SMILES string of the molecule is COCC1=CCN(C(=O)N[C@H]2C[C@H](C)N(Cc3ccccc3)C2)CC1. The fourth-order valence-electron chi connectivity index (χ4n) is 3.72. The van der Waals surface area contributed by atoms with Crippen molar-refractivity contribution in [1.29, 1.82) is 0 Å². The van der Waals surface area contributed by atoms with Crippen LogP contribution in [0, 0.1) is 0 Å². The maximum Gasteiger partial charge on any atom is 0.317 e. The Kier molecular flexibility index (Phi) is 6.10. The smallest absolute Gasteiger partial charge is 0.317 e. The average molecular weight is 343 g/mol. The van der Waals surface area contributed by atoms with Crippen molar-refractivity contribution in [3.63, 3.8) is 0 Å². The molecule has 0 radical (unpaired) electrons. The van der Waals surface area contributed by atoms with E-state index in [1.807, 2.05) is 11.0 Å². The Morgan fingerprint density at radius 3 is 2.80 bits per heavy atom. The number of likely N-dealkylation sites (tertiary alicyclic amines) is 1. The number of hydrogen-bond acceptors (Lipinski definition) is 3. The summed E-state index contributed by atoms with van der Waals surface area (Å²) in [5.41, 5.74) is 2.61. The lowest BCUT2D eigenvalue weighted by Gasteiger charge is -2.28. The fraction of sp³-hybridized carbons (Fsp3) is 0.550. The molecule has 136 valence electrons. The van der Waals surface area contributed by atoms with Crippen molar-refractivity contribution in [3.8, 4) is 0 Å². The van der Waals surface area contributed by atoms with Crippen LogP contribution < -0.4 is 5.32 Å². The first-order valence-corrected chi connectivity index (χ1v) is 9.16. The topological polar surface area (TPSA) is 44.8 Å². The van der Waals surface area contributed by atoms with E-state index >= 15 is 0 Å². The van der Waals surface area contributed by atoms with E-state index in [9.17, 15) is 4.79 Å². The molecule has 0 unspecified atom stereocenters. The van der Waals surface area contributed by atoms with E-state index in [4.69, 9.17) is 4.74 Å². The van der Waals surface area contributed by atoms with E-state index in [-0.39, 0.29) is 12.1 Å². The highest BCUT2D eigenvalue weighted by Crippen LogP contribution is 2.21. The zero-order chi connectivity index (χ0) is 17.6. The molecular weight excluding hydrogens is 314 g/mol. The summed E-state index contributed by atoms with van der Waals surface area (Å²) in [4.78, 5) is 16.9. The summed E-state index contributed by atoms with van der Waals surface area (Å²) in [5.74, 6) is 0. The lowest BCUT2D eigenvalue weighted by molar-refractivity contribution is 0.190. The fourth-order valence-corrected chi connectivity index (χ4v) is 3.72. The van der Waals surface area contributed by atoms with Gasteiger partial charge in [0.15, 0.2) is 0 Å². The van der Waals surface area contributed by atoms with Crippen molar-refractivity contribution in [3.05, 3.63) is 47.5 Å². The molecule has 2 aliphatic rings. The molecular formula is C20H29N3O2. The Balaban J connectivity index is 1.48. The van der Waals surface area contributed by atoms with Gasteiger partial charge in [0, 0.05) is 45.4 Å². The molecule has 2 atom stereocenters. The first-order chi connectivity index (χ1) is 12.2. The number of nitrogens with one attached hydrogen (secondary N) is 1. The van der Waals surface area contributed by atoms with Crippen molar-refractivity contribution in [2.24, 2.45) is 0 Å². The molecule has 0 spiro atoms. The Labute approximate surface area is 150 Å². The number of nitrogens with zero attached hydrogens (tertiary/aromatic N) is 2. The van der Waals surface area contributed by atoms with Crippen molar-refractivity contribution < 1.29 is 9.53 Å². The largest absolute Gasteiger partial charge is 0.380 e. The van der Waals surface area contributed by atoms with E-state index in [2.05, 4.69) is 47.5 Å². The molecule has 0 saturated carbocycles. The van der Waals surface area contributed by atoms with Gasteiger partial charge >= 0.3 is 6.03 Å². The maximum absolute atomic E-state index is 12.5. The number of methoxy groups -OCH3 is 1. The number of carbonyl (C=O) groups is 1. The van der Waals surface area contributed by atoms with Crippen LogP contribution in [0.25, 0.3) is 0 Å². The predicted molar refractivity (Wildman–Crippen MR) is 99.4 cm³/mol. The van der Waals surface area contributed by atoms with Crippen LogP contribution in [0.2, 0.25) is 0 Å². The molecule has 1 fully saturated rings. The number of ether oxygens (including phenoxy) is 1. The minimum Gasteiger partial charge on any atom is -0.380 e. The maximum atomic E-state index is 12.5. The predicted octanol–water partition coefficient (Wildman–Crippen LogP) is 2.64. The number of carbonyl (C=O) groups excluding carboxylic acids is 1. The van der Waals surface area contributed by atoms with Crippen molar-refractivity contribution in [2.75, 3.05) is 33.4 Å². The highest BCUT2D eigenvalue weighted by Gasteiger charge is 2.31. The van der Waals surface area contributed by atoms with Crippen LogP contribution in [-0.4, -0.2) is 61.3 Å². The van der Waals surface area contributed by atoms with Gasteiger partial charge in [0.1, 0.15) is 0 Å². The number of hydrogen-bond donors (Lipinski definition) is 1. The van der Waals surface area contributed by atoms with Crippen molar-refractivity contribution in [2.45, 2.75) is 38.4 Å². The highest BCUT2D eigenvalue weighted by atomic mass is 16.5. The standard InChI is InChI=1S/C20H29N3O2/c1-16-12-19(14-23(16)13-17-6-4-3-5-7-17)21-20(24)22-10-8-18(9-11-22)15-25-2/h3-8,16,19H,9-15H2,1-2H3,(H,21,24)/t16-,19-/m0/s1. The summed E-state index contributed by atoms with van der Waals surface area (Å²) in [6, 6.07) is 11.3. The van der Waals surface area contributed by atoms with Crippen LogP contribution in [0.5, 0.6) is 0 Å². The third-order valence-electron chi connectivity index (χ3n) is 5.18. The van der Waals surface area contributed by atoms with Gasteiger partial charge in [-0.2, -0.15) is 0 Å². The normalized spacial score (nSPS) is 24.2. The van der Waals surface area contributed by atoms with Crippen LogP contribution in [-0.2, 0) is 11.3 Å². The average Bonchev–Trinajstić information content (AvgIpc) is 2.96. The zero-order valence-corrected chi connectivity index (χ0v) is 15.3. The van der Waals surface area contributed by atoms with Crippen LogP contribution in [0.3, 0.4) is 0 Å². The van der Waals surface area contributed by atoms with E-state index in [1.165, 1.54) is 11.1 Å². The van der Waals surface area contributed by atoms with Crippen LogP contribution >= 0.6 is 0 Å². The molecule has 0 aliphatic carbocycles. The van der Waals surface area contributed by atoms with Gasteiger partial charge in [-0.25, -0.2) is 4.79 Å². The quantitative estimate of drug-likeness (QED) is 0.836. The Hall–Kier alpha value is -1.85. The summed E-state index contributed by atoms with van der Waals surface area (Å²) in [7, 11) is 1.71. The summed E-state index contributed by atoms with van der Waals surface area (Å²) >= 11 is 0. The molecule has 5 nitrogen and oxygen atoms in total. The number of amides is 2. The molecule has 3 rings (SSSR count). The lowest BCUT2D eigenvalue weighted by Crippen LogP contribution is -2.47. The van der Waals surface area contributed by atoms with Gasteiger partial charge in [0.2, 0.25) is 0 Å². The minimum atomic E-state index is 0.0616. The van der Waals surface area contributed by atoms with Gasteiger partial charge in [-0.1, -0.05) is 36.4 Å². The summed E-state index contributed by atoms with van der Waals surface area (Å²) in [5, 5.41) is 3.23. The molecule has 1 saturated heterocycles. The van der Waals surface area contributed by atoms with E-state index in [1.54, 1.807) is 7.11 Å². The summed E-state index contributed by atoms with van der Waals surface area (Å²) < 4.78 is 5.16. The Bertz CT molecular complexity index is 602. The number of urea groups is 1. The van der Waals surface area contributed by atoms with E-state index in [0.717, 1.165) is 32.5 Å². The summed E-state index contributed by atoms with van der Waals surface area (Å²) in [6.45, 7) is 6.24. The third-order valence-corrected chi connectivity index (χ3v) is 5.18. The highest BCUT2D eigenvalue weighted by molar-refractivity contribution is 5.75. The molecule has 1 aromatic carbocycles. The molecule has 2 amide bonds. The zero-order valence-electron chi connectivity index (χ0n) is 15.3. The molecule has 1 aromatic rings. The third kappa shape index (κ3) is 4.83. The molecule has 2 aliphatic heterocycles. The Morgan fingerprint density at radius 2 is 2.12 bits per heavy atom. The molecule has 0 aromatic heterocycles. The first-order valence-electron chi connectivity index (χ1n) is 9.16. The molecule has 2 heterocycles. The summed E-state index contributed by atoms with van der Waals surface area (Å²) in [6.07, 6.45) is 4.03. The van der Waals surface area contributed by atoms with Crippen LogP contribution in [0.1, 0.15) is 25.3 Å². The second kappa shape index (κ2) is 8.50. The lowest BCUT2D eigenvalue weighted by atomic mass is 10.1. The molecule has 25 heavy (non-hydrogen) atoms. The van der Waals surface area contributed by atoms with Gasteiger partial charge in [-0.05, 0) is 30.9 Å². The van der Waals surface area contributed by atoms with E-state index in [0.29, 0.717) is 19.2 Å². The van der Waals surface area contributed by atoms with Crippen LogP contribution in [0.15, 0.2) is 42.0 Å². The van der Waals surface area contributed by atoms with E-state index < -0.39 is 0 Å². The van der Waals surface area contributed by atoms with Gasteiger partial charge in [0.25, 0.3) is 0 Å².